The van der Waals surface area contributed by atoms with Gasteiger partial charge >= 0.3 is 29.4 Å². The number of aryl methyl sites for hydroxylation is 1. The summed E-state index contributed by atoms with van der Waals surface area (Å²) < 4.78 is 105. The second-order valence-corrected chi connectivity index (χ2v) is 29.0. The molecule has 2 heterocycles. The third-order valence-electron chi connectivity index (χ3n) is 9.80. The SMILES string of the molecule is Cc1c(N)ccc2c(-c3ccc(C(=O)NCC(C)(C)SSCOCC#CB[C@H]4C[C@@H](OCSSC(C)(C)C)[C@@H](COP(=O)(O)OP(=O)(O)OP(=O)(O)O)O4)cc3C(=O)O)c3ccc(=N)c(S(=O)(=O)O)c-3oc12. The van der Waals surface area contributed by atoms with E-state index in [4.69, 9.17) is 44.1 Å². The number of carboxylic acid groups (broad SMARTS) is 1. The fourth-order valence-corrected chi connectivity index (χ4v) is 14.7. The fourth-order valence-electron chi connectivity index (χ4n) is 6.78. The van der Waals surface area contributed by atoms with E-state index in [1.54, 1.807) is 29.9 Å². The van der Waals surface area contributed by atoms with Gasteiger partial charge in [0, 0.05) is 55.4 Å². The summed E-state index contributed by atoms with van der Waals surface area (Å²) >= 11 is 0. The third-order valence-corrected chi connectivity index (χ3v) is 20.5. The number of fused-ring (bicyclic) bond motifs is 2. The predicted molar refractivity (Wildman–Crippen MR) is 275 cm³/mol. The first-order valence-corrected chi connectivity index (χ1v) is 31.5. The van der Waals surface area contributed by atoms with Crippen LogP contribution in [-0.2, 0) is 51.2 Å². The number of phosphoric ester groups is 1. The van der Waals surface area contributed by atoms with Gasteiger partial charge in [0.2, 0.25) is 7.28 Å². The Bertz CT molecular complexity index is 3030. The highest BCUT2D eigenvalue weighted by molar-refractivity contribution is 8.77. The van der Waals surface area contributed by atoms with Gasteiger partial charge in [-0.3, -0.25) is 19.3 Å². The number of nitrogens with one attached hydrogen (secondary N) is 2. The zero-order valence-corrected chi connectivity index (χ0v) is 45.8. The average molecular weight is 1160 g/mol. The highest BCUT2D eigenvalue weighted by Crippen LogP contribution is 2.66. The Hall–Kier alpha value is -2.91. The van der Waals surface area contributed by atoms with Crippen molar-refractivity contribution in [3.05, 3.63) is 64.5 Å². The number of benzene rings is 3. The molecule has 0 aromatic heterocycles. The zero-order chi connectivity index (χ0) is 53.6. The summed E-state index contributed by atoms with van der Waals surface area (Å²) in [6, 6.07) is 9.17. The molecule has 2 aromatic rings. The number of nitrogen functional groups attached to an aromatic ring is 1. The minimum absolute atomic E-state index is 0.0205. The van der Waals surface area contributed by atoms with Crippen LogP contribution in [0.1, 0.15) is 67.3 Å². The normalized spacial score (nSPS) is 18.3. The first kappa shape index (κ1) is 60.0. The van der Waals surface area contributed by atoms with Gasteiger partial charge in [0.15, 0.2) is 10.7 Å². The number of carboxylic acids is 1. The lowest BCUT2D eigenvalue weighted by atomic mass is 9.71. The number of nitrogens with two attached hydrogens (primary N) is 1. The van der Waals surface area contributed by atoms with Crippen LogP contribution in [0.25, 0.3) is 33.4 Å². The molecule has 5 atom stereocenters. The molecular weight excluding hydrogens is 1110 g/mol. The Morgan fingerprint density at radius 2 is 1.65 bits per heavy atom. The molecule has 1 amide bonds. The molecule has 1 fully saturated rings. The number of rotatable bonds is 23. The van der Waals surface area contributed by atoms with E-state index in [2.05, 4.69) is 25.7 Å². The monoisotopic (exact) mass is 1160 g/mol. The molecule has 23 nitrogen and oxygen atoms in total. The van der Waals surface area contributed by atoms with Crippen LogP contribution in [0.15, 0.2) is 51.8 Å². The molecular formula is C40H51BN3O20P3S5. The first-order chi connectivity index (χ1) is 33.3. The molecule has 72 heavy (non-hydrogen) atoms. The summed E-state index contributed by atoms with van der Waals surface area (Å²) in [7, 11) is -15.7. The smallest absolute Gasteiger partial charge is 0.478 e. The topological polar surface area (TPSA) is 371 Å². The predicted octanol–water partition coefficient (Wildman–Crippen LogP) is 6.76. The molecule has 3 aliphatic rings. The molecule has 0 radical (unpaired) electrons. The van der Waals surface area contributed by atoms with Crippen LogP contribution in [0.3, 0.4) is 0 Å². The maximum absolute atomic E-state index is 13.5. The first-order valence-electron chi connectivity index (χ1n) is 20.9. The van der Waals surface area contributed by atoms with Crippen LogP contribution in [0.4, 0.5) is 5.69 Å². The standard InChI is InChI=1S/C40H51BN3O20P3S5/c1-22-28(42)12-10-25-33(26-11-13-29(43)36(72(55,56)57)35(26)62-34(22)25)24-9-8-23(16-27(24)38(46)47)37(45)44-19-40(5,6)71-68-20-58-15-7-14-41-32-17-30(59-21-69-70-39(2,3)4)31(61-32)18-60-66(51,52)64-67(53,54)63-65(48,49)50/h8-13,16,30-32,41,43H,15,17-21,42H2,1-6H3,(H,44,45)(H,46,47)(H,51,52)(H,53,54)(H2,48,49,50)(H,55,56,57)/t30-,31-,32-/m1/s1. The van der Waals surface area contributed by atoms with Crippen LogP contribution >= 0.6 is 66.6 Å². The summed E-state index contributed by atoms with van der Waals surface area (Å²) in [5, 5.41) is 21.3. The Labute approximate surface area is 430 Å². The molecule has 1 aliphatic carbocycles. The van der Waals surface area contributed by atoms with E-state index < -0.39 is 85.3 Å². The van der Waals surface area contributed by atoms with Gasteiger partial charge < -0.3 is 54.4 Å². The van der Waals surface area contributed by atoms with Gasteiger partial charge in [0.1, 0.15) is 30.2 Å². The van der Waals surface area contributed by atoms with Crippen LogP contribution in [0, 0.1) is 24.1 Å². The Morgan fingerprint density at radius 1 is 0.972 bits per heavy atom. The summed E-state index contributed by atoms with van der Waals surface area (Å²) in [4.78, 5) is 62.4. The van der Waals surface area contributed by atoms with Gasteiger partial charge in [-0.1, -0.05) is 75.9 Å². The summed E-state index contributed by atoms with van der Waals surface area (Å²) in [5.74, 6) is 3.89. The number of hydrogen-bond donors (Lipinski definition) is 9. The van der Waals surface area contributed by atoms with Gasteiger partial charge in [0.25, 0.3) is 16.0 Å². The molecule has 5 rings (SSSR count). The van der Waals surface area contributed by atoms with Crippen LogP contribution in [0.5, 0.6) is 0 Å². The molecule has 0 saturated carbocycles. The number of carbonyl (C=O) groups is 2. The molecule has 2 unspecified atom stereocenters. The Kier molecular flexibility index (Phi) is 20.3. The Balaban J connectivity index is 1.15. The maximum atomic E-state index is 13.5. The summed E-state index contributed by atoms with van der Waals surface area (Å²) in [6.07, 6.45) is -1.35. The quantitative estimate of drug-likeness (QED) is 0.00426. The number of ether oxygens (including phenoxy) is 3. The molecule has 1 saturated heterocycles. The lowest BCUT2D eigenvalue weighted by Gasteiger charge is -2.23. The van der Waals surface area contributed by atoms with Gasteiger partial charge in [-0.05, 0) is 69.2 Å². The summed E-state index contributed by atoms with van der Waals surface area (Å²) in [6.45, 7) is 10.9. The largest absolute Gasteiger partial charge is 0.490 e. The van der Waals surface area contributed by atoms with Crippen molar-refractivity contribution in [1.29, 1.82) is 5.41 Å². The van der Waals surface area contributed by atoms with Crippen molar-refractivity contribution in [3.63, 3.8) is 0 Å². The van der Waals surface area contributed by atoms with Crippen molar-refractivity contribution < 1.29 is 92.7 Å². The van der Waals surface area contributed by atoms with E-state index in [-0.39, 0.29) is 88.3 Å². The second kappa shape index (κ2) is 24.4. The number of aromatic carboxylic acids is 1. The lowest BCUT2D eigenvalue weighted by molar-refractivity contribution is -0.0240. The number of amides is 1. The zero-order valence-electron chi connectivity index (χ0n) is 39.1. The lowest BCUT2D eigenvalue weighted by Crippen LogP contribution is -2.36. The fraction of sp³-hybridized carbons (Fsp3) is 0.425. The molecule has 0 spiro atoms. The maximum Gasteiger partial charge on any atom is 0.490 e. The van der Waals surface area contributed by atoms with E-state index in [1.807, 2.05) is 34.6 Å². The van der Waals surface area contributed by atoms with Crippen LogP contribution in [0.2, 0.25) is 0 Å². The van der Waals surface area contributed by atoms with E-state index >= 15 is 0 Å². The molecule has 2 aromatic carbocycles. The second-order valence-electron chi connectivity index (χ2n) is 17.2. The third kappa shape index (κ3) is 17.3. The van der Waals surface area contributed by atoms with Crippen LogP contribution < -0.4 is 16.4 Å². The van der Waals surface area contributed by atoms with E-state index in [9.17, 15) is 51.1 Å². The van der Waals surface area contributed by atoms with Crippen molar-refractivity contribution in [3.8, 4) is 34.2 Å². The van der Waals surface area contributed by atoms with Crippen molar-refractivity contribution >= 4 is 113 Å². The van der Waals surface area contributed by atoms with Gasteiger partial charge in [-0.15, -0.1) is 0 Å². The number of hydrogen-bond acceptors (Lipinski definition) is 20. The minimum atomic E-state index is -5.71. The van der Waals surface area contributed by atoms with Gasteiger partial charge in [-0.2, -0.15) is 22.9 Å². The molecule has 394 valence electrons. The van der Waals surface area contributed by atoms with Crippen molar-refractivity contribution in [2.45, 2.75) is 80.6 Å². The van der Waals surface area contributed by atoms with Crippen molar-refractivity contribution in [2.75, 3.05) is 37.4 Å². The van der Waals surface area contributed by atoms with E-state index in [0.29, 0.717) is 10.9 Å². The number of anilines is 1. The number of phosphoric acid groups is 3. The molecule has 32 heteroatoms. The average Bonchev–Trinajstić information content (AvgIpc) is 3.64. The van der Waals surface area contributed by atoms with E-state index in [0.717, 1.165) is 6.07 Å². The van der Waals surface area contributed by atoms with Crippen molar-refractivity contribution in [2.24, 2.45) is 0 Å². The van der Waals surface area contributed by atoms with Gasteiger partial charge in [-0.25, -0.2) is 18.5 Å². The summed E-state index contributed by atoms with van der Waals surface area (Å²) in [5.41, 5.74) is 7.02. The van der Waals surface area contributed by atoms with E-state index in [1.165, 1.54) is 56.6 Å². The Morgan fingerprint density at radius 3 is 2.31 bits per heavy atom. The number of carbonyl (C=O) groups excluding carboxylic acids is 1. The van der Waals surface area contributed by atoms with Gasteiger partial charge in [0.05, 0.1) is 23.6 Å². The molecule has 0 bridgehead atoms. The highest BCUT2D eigenvalue weighted by atomic mass is 33.1. The minimum Gasteiger partial charge on any atom is -0.478 e. The molecule has 2 aliphatic heterocycles. The van der Waals surface area contributed by atoms with Crippen LogP contribution in [-0.4, -0.2) is 116 Å². The highest BCUT2D eigenvalue weighted by Gasteiger charge is 2.43. The van der Waals surface area contributed by atoms with Crippen molar-refractivity contribution in [1.82, 2.24) is 5.32 Å². The molecule has 10 N–H and O–H groups in total.